The van der Waals surface area contributed by atoms with Gasteiger partial charge in [0.15, 0.2) is 0 Å². The van der Waals surface area contributed by atoms with E-state index in [0.717, 1.165) is 19.6 Å². The van der Waals surface area contributed by atoms with E-state index in [1.165, 1.54) is 12.8 Å². The van der Waals surface area contributed by atoms with Gasteiger partial charge in [0.1, 0.15) is 0 Å². The SMILES string of the molecule is CSC1(CNC2(CC(=O)O)CNC2)CC1. The van der Waals surface area contributed by atoms with Gasteiger partial charge in [-0.05, 0) is 19.1 Å². The minimum atomic E-state index is -0.710. The number of hydrogen-bond donors (Lipinski definition) is 3. The molecule has 1 saturated heterocycles. The average Bonchev–Trinajstić information content (AvgIpc) is 2.90. The number of carboxylic acids is 1. The van der Waals surface area contributed by atoms with Gasteiger partial charge in [0.25, 0.3) is 0 Å². The van der Waals surface area contributed by atoms with E-state index >= 15 is 0 Å². The molecule has 2 fully saturated rings. The summed E-state index contributed by atoms with van der Waals surface area (Å²) in [7, 11) is 0. The lowest BCUT2D eigenvalue weighted by molar-refractivity contribution is -0.139. The Balaban J connectivity index is 1.83. The Morgan fingerprint density at radius 2 is 2.20 bits per heavy atom. The van der Waals surface area contributed by atoms with Crippen LogP contribution in [-0.4, -0.2) is 47.3 Å². The summed E-state index contributed by atoms with van der Waals surface area (Å²) in [5, 5.41) is 15.4. The van der Waals surface area contributed by atoms with Crippen molar-refractivity contribution in [3.63, 3.8) is 0 Å². The molecule has 0 aromatic rings. The van der Waals surface area contributed by atoms with E-state index in [0.29, 0.717) is 4.75 Å². The molecule has 0 bridgehead atoms. The molecule has 0 aromatic carbocycles. The van der Waals surface area contributed by atoms with Gasteiger partial charge in [-0.1, -0.05) is 0 Å². The molecular weight excluding hydrogens is 212 g/mol. The Kier molecular flexibility index (Phi) is 2.96. The number of hydrogen-bond acceptors (Lipinski definition) is 4. The predicted octanol–water partition coefficient (Wildman–Crippen LogP) is 0.288. The highest BCUT2D eigenvalue weighted by molar-refractivity contribution is 8.00. The first-order valence-electron chi connectivity index (χ1n) is 5.33. The maximum Gasteiger partial charge on any atom is 0.305 e. The summed E-state index contributed by atoms with van der Waals surface area (Å²) in [5.74, 6) is -0.710. The summed E-state index contributed by atoms with van der Waals surface area (Å²) in [4.78, 5) is 10.7. The second kappa shape index (κ2) is 3.96. The molecule has 0 unspecified atom stereocenters. The van der Waals surface area contributed by atoms with Crippen LogP contribution in [-0.2, 0) is 4.79 Å². The highest BCUT2D eigenvalue weighted by atomic mass is 32.2. The molecule has 0 aromatic heterocycles. The number of rotatable bonds is 6. The topological polar surface area (TPSA) is 61.4 Å². The van der Waals surface area contributed by atoms with Gasteiger partial charge in [0.05, 0.1) is 12.0 Å². The third kappa shape index (κ3) is 2.46. The number of carbonyl (C=O) groups is 1. The predicted molar refractivity (Wildman–Crippen MR) is 61.3 cm³/mol. The molecule has 4 nitrogen and oxygen atoms in total. The maximum absolute atomic E-state index is 10.7. The Bertz CT molecular complexity index is 262. The van der Waals surface area contributed by atoms with E-state index in [1.807, 2.05) is 11.8 Å². The zero-order chi connectivity index (χ0) is 10.9. The molecule has 3 N–H and O–H groups in total. The second-order valence-electron chi connectivity index (χ2n) is 4.70. The van der Waals surface area contributed by atoms with E-state index in [-0.39, 0.29) is 12.0 Å². The molecule has 1 aliphatic carbocycles. The van der Waals surface area contributed by atoms with Crippen LogP contribution in [0.1, 0.15) is 19.3 Å². The lowest BCUT2D eigenvalue weighted by atomic mass is 9.88. The van der Waals surface area contributed by atoms with Gasteiger partial charge >= 0.3 is 5.97 Å². The minimum absolute atomic E-state index is 0.183. The van der Waals surface area contributed by atoms with Crippen molar-refractivity contribution >= 4 is 17.7 Å². The van der Waals surface area contributed by atoms with Crippen molar-refractivity contribution in [2.24, 2.45) is 0 Å². The monoisotopic (exact) mass is 230 g/mol. The number of carboxylic acid groups (broad SMARTS) is 1. The van der Waals surface area contributed by atoms with E-state index in [4.69, 9.17) is 5.11 Å². The summed E-state index contributed by atoms with van der Waals surface area (Å²) < 4.78 is 0.404. The quantitative estimate of drug-likeness (QED) is 0.612. The molecule has 1 saturated carbocycles. The van der Waals surface area contributed by atoms with Gasteiger partial charge in [0.2, 0.25) is 0 Å². The third-order valence-corrected chi connectivity index (χ3v) is 4.86. The highest BCUT2D eigenvalue weighted by Gasteiger charge is 2.46. The van der Waals surface area contributed by atoms with Gasteiger partial charge in [-0.15, -0.1) is 0 Å². The van der Waals surface area contributed by atoms with Crippen LogP contribution >= 0.6 is 11.8 Å². The molecule has 2 aliphatic rings. The number of thioether (sulfide) groups is 1. The average molecular weight is 230 g/mol. The van der Waals surface area contributed by atoms with Crippen molar-refractivity contribution in [3.8, 4) is 0 Å². The van der Waals surface area contributed by atoms with Crippen LogP contribution in [0.5, 0.6) is 0 Å². The molecule has 2 rings (SSSR count). The summed E-state index contributed by atoms with van der Waals surface area (Å²) in [6, 6.07) is 0. The summed E-state index contributed by atoms with van der Waals surface area (Å²) in [6.45, 7) is 2.51. The molecule has 0 spiro atoms. The molecule has 5 heteroatoms. The summed E-state index contributed by atoms with van der Waals surface area (Å²) in [5.41, 5.74) is -0.183. The van der Waals surface area contributed by atoms with Crippen LogP contribution in [0.4, 0.5) is 0 Å². The fourth-order valence-corrected chi connectivity index (χ4v) is 2.70. The fourth-order valence-electron chi connectivity index (χ4n) is 1.97. The first-order valence-corrected chi connectivity index (χ1v) is 6.55. The molecular formula is C10H18N2O2S. The highest BCUT2D eigenvalue weighted by Crippen LogP contribution is 2.46. The van der Waals surface area contributed by atoms with Gasteiger partial charge in [-0.3, -0.25) is 4.79 Å². The van der Waals surface area contributed by atoms with Crippen molar-refractivity contribution in [1.82, 2.24) is 10.6 Å². The standard InChI is InChI=1S/C10H18N2O2S/c1-15-10(2-3-10)7-12-9(4-8(13)14)5-11-6-9/h11-12H,2-7H2,1H3,(H,13,14). The van der Waals surface area contributed by atoms with E-state index < -0.39 is 5.97 Å². The van der Waals surface area contributed by atoms with Gasteiger partial charge < -0.3 is 15.7 Å². The molecule has 0 radical (unpaired) electrons. The normalized spacial score (nSPS) is 25.7. The first kappa shape index (κ1) is 11.2. The molecule has 1 heterocycles. The zero-order valence-corrected chi connectivity index (χ0v) is 9.82. The van der Waals surface area contributed by atoms with E-state index in [1.54, 1.807) is 0 Å². The van der Waals surface area contributed by atoms with Gasteiger partial charge in [0, 0.05) is 24.4 Å². The van der Waals surface area contributed by atoms with E-state index in [2.05, 4.69) is 16.9 Å². The van der Waals surface area contributed by atoms with Crippen LogP contribution in [0, 0.1) is 0 Å². The number of aliphatic carboxylic acids is 1. The Labute approximate surface area is 94.2 Å². The maximum atomic E-state index is 10.7. The van der Waals surface area contributed by atoms with Crippen LogP contribution in [0.25, 0.3) is 0 Å². The van der Waals surface area contributed by atoms with Crippen molar-refractivity contribution in [2.75, 3.05) is 25.9 Å². The first-order chi connectivity index (χ1) is 7.10. The van der Waals surface area contributed by atoms with Gasteiger partial charge in [-0.2, -0.15) is 11.8 Å². The second-order valence-corrected chi connectivity index (χ2v) is 5.97. The van der Waals surface area contributed by atoms with Crippen molar-refractivity contribution in [2.45, 2.75) is 29.5 Å². The van der Waals surface area contributed by atoms with Crippen molar-refractivity contribution < 1.29 is 9.90 Å². The summed E-state index contributed by atoms with van der Waals surface area (Å²) in [6.07, 6.45) is 4.89. The number of nitrogens with one attached hydrogen (secondary N) is 2. The zero-order valence-electron chi connectivity index (χ0n) is 9.01. The molecule has 0 atom stereocenters. The smallest absolute Gasteiger partial charge is 0.305 e. The van der Waals surface area contributed by atoms with Crippen LogP contribution in [0.3, 0.4) is 0 Å². The van der Waals surface area contributed by atoms with Crippen LogP contribution in [0.15, 0.2) is 0 Å². The van der Waals surface area contributed by atoms with Crippen LogP contribution < -0.4 is 10.6 Å². The Morgan fingerprint density at radius 1 is 1.53 bits per heavy atom. The summed E-state index contributed by atoms with van der Waals surface area (Å²) >= 11 is 1.90. The minimum Gasteiger partial charge on any atom is -0.481 e. The molecule has 1 aliphatic heterocycles. The Morgan fingerprint density at radius 3 is 2.53 bits per heavy atom. The van der Waals surface area contributed by atoms with Gasteiger partial charge in [-0.25, -0.2) is 0 Å². The Hall–Kier alpha value is -0.260. The van der Waals surface area contributed by atoms with Crippen molar-refractivity contribution in [3.05, 3.63) is 0 Å². The lowest BCUT2D eigenvalue weighted by Crippen LogP contribution is -2.69. The molecule has 0 amide bonds. The lowest BCUT2D eigenvalue weighted by Gasteiger charge is -2.43. The fraction of sp³-hybridized carbons (Fsp3) is 0.900. The van der Waals surface area contributed by atoms with Crippen LogP contribution in [0.2, 0.25) is 0 Å². The van der Waals surface area contributed by atoms with Crippen molar-refractivity contribution in [1.29, 1.82) is 0 Å². The largest absolute Gasteiger partial charge is 0.481 e. The molecule has 15 heavy (non-hydrogen) atoms. The third-order valence-electron chi connectivity index (χ3n) is 3.44. The molecule has 86 valence electrons. The van der Waals surface area contributed by atoms with E-state index in [9.17, 15) is 4.79 Å².